The highest BCUT2D eigenvalue weighted by Gasteiger charge is 2.23. The van der Waals surface area contributed by atoms with Gasteiger partial charge in [0, 0.05) is 44.4 Å². The van der Waals surface area contributed by atoms with Crippen LogP contribution >= 0.6 is 0 Å². The van der Waals surface area contributed by atoms with E-state index >= 15 is 0 Å². The van der Waals surface area contributed by atoms with Crippen molar-refractivity contribution in [1.29, 1.82) is 0 Å². The van der Waals surface area contributed by atoms with Gasteiger partial charge in [-0.3, -0.25) is 4.79 Å². The summed E-state index contributed by atoms with van der Waals surface area (Å²) in [5.74, 6) is 1.98. The quantitative estimate of drug-likeness (QED) is 0.811. The number of rotatable bonds is 6. The van der Waals surface area contributed by atoms with Crippen LogP contribution in [-0.4, -0.2) is 63.8 Å². The summed E-state index contributed by atoms with van der Waals surface area (Å²) in [6, 6.07) is 3.77. The largest absolute Gasteiger partial charge is 0.396 e. The van der Waals surface area contributed by atoms with Crippen LogP contribution < -0.4 is 4.90 Å². The molecule has 152 valence electrons. The van der Waals surface area contributed by atoms with Gasteiger partial charge in [-0.05, 0) is 24.0 Å². The molecule has 0 aliphatic carbocycles. The first-order valence-electron chi connectivity index (χ1n) is 9.78. The van der Waals surface area contributed by atoms with Crippen LogP contribution in [0.1, 0.15) is 39.5 Å². The lowest BCUT2D eigenvalue weighted by molar-refractivity contribution is -0.132. The second-order valence-corrected chi connectivity index (χ2v) is 8.32. The molecule has 8 nitrogen and oxygen atoms in total. The second-order valence-electron chi connectivity index (χ2n) is 8.32. The molecule has 0 radical (unpaired) electrons. The molecule has 0 spiro atoms. The summed E-state index contributed by atoms with van der Waals surface area (Å²) >= 11 is 0. The van der Waals surface area contributed by atoms with Gasteiger partial charge in [0.15, 0.2) is 0 Å². The van der Waals surface area contributed by atoms with Crippen LogP contribution in [0.5, 0.6) is 0 Å². The van der Waals surface area contributed by atoms with Crippen LogP contribution in [0.3, 0.4) is 0 Å². The van der Waals surface area contributed by atoms with E-state index in [2.05, 4.69) is 40.8 Å². The van der Waals surface area contributed by atoms with Gasteiger partial charge in [0.25, 0.3) is 0 Å². The van der Waals surface area contributed by atoms with E-state index in [-0.39, 0.29) is 17.9 Å². The Morgan fingerprint density at radius 2 is 2.00 bits per heavy atom. The molecule has 28 heavy (non-hydrogen) atoms. The number of anilines is 1. The van der Waals surface area contributed by atoms with Crippen LogP contribution in [0.2, 0.25) is 0 Å². The molecule has 8 heteroatoms. The van der Waals surface area contributed by atoms with Crippen LogP contribution in [-0.2, 0) is 11.2 Å². The first-order chi connectivity index (χ1) is 13.4. The minimum Gasteiger partial charge on any atom is -0.396 e. The number of nitrogens with zero attached hydrogens (tertiary/aromatic N) is 5. The third kappa shape index (κ3) is 5.28. The van der Waals surface area contributed by atoms with Crippen molar-refractivity contribution < 1.29 is 14.4 Å². The molecule has 1 fully saturated rings. The lowest BCUT2D eigenvalue weighted by atomic mass is 9.90. The van der Waals surface area contributed by atoms with Gasteiger partial charge >= 0.3 is 0 Å². The van der Waals surface area contributed by atoms with Gasteiger partial charge in [-0.25, -0.2) is 4.98 Å². The number of aliphatic hydroxyl groups is 1. The van der Waals surface area contributed by atoms with Crippen molar-refractivity contribution in [2.75, 3.05) is 37.7 Å². The number of piperazine rings is 1. The predicted octanol–water partition coefficient (Wildman–Crippen LogP) is 2.14. The van der Waals surface area contributed by atoms with Crippen molar-refractivity contribution in [2.24, 2.45) is 5.41 Å². The molecular weight excluding hydrogens is 358 g/mol. The van der Waals surface area contributed by atoms with Crippen LogP contribution in [0, 0.1) is 5.41 Å². The standard InChI is InChI=1S/C20H29N5O3/c1-20(2,3)7-4-18(27)25-11-9-24(10-12-25)16-14-15(5-8-21-16)19-22-17(6-13-26)28-23-19/h5,8,14,26H,4,6-7,9-13H2,1-3H3. The summed E-state index contributed by atoms with van der Waals surface area (Å²) in [4.78, 5) is 25.3. The van der Waals surface area contributed by atoms with Gasteiger partial charge in [-0.1, -0.05) is 25.9 Å². The van der Waals surface area contributed by atoms with E-state index < -0.39 is 0 Å². The van der Waals surface area contributed by atoms with Gasteiger partial charge in [-0.2, -0.15) is 4.98 Å². The summed E-state index contributed by atoms with van der Waals surface area (Å²) in [6.07, 6.45) is 3.58. The van der Waals surface area contributed by atoms with E-state index in [9.17, 15) is 4.79 Å². The van der Waals surface area contributed by atoms with E-state index in [1.165, 1.54) is 0 Å². The molecule has 0 unspecified atom stereocenters. The van der Waals surface area contributed by atoms with Crippen molar-refractivity contribution in [3.63, 3.8) is 0 Å². The molecule has 0 atom stereocenters. The molecule has 2 aromatic heterocycles. The zero-order chi connectivity index (χ0) is 20.1. The molecule has 0 bridgehead atoms. The van der Waals surface area contributed by atoms with E-state index in [4.69, 9.17) is 9.63 Å². The van der Waals surface area contributed by atoms with Crippen LogP contribution in [0.15, 0.2) is 22.9 Å². The Hall–Kier alpha value is -2.48. The maximum absolute atomic E-state index is 12.4. The minimum atomic E-state index is -0.0258. The van der Waals surface area contributed by atoms with Gasteiger partial charge < -0.3 is 19.4 Å². The highest BCUT2D eigenvalue weighted by Crippen LogP contribution is 2.23. The average Bonchev–Trinajstić information content (AvgIpc) is 3.15. The zero-order valence-corrected chi connectivity index (χ0v) is 16.9. The Morgan fingerprint density at radius 3 is 2.68 bits per heavy atom. The average molecular weight is 387 g/mol. The SMILES string of the molecule is CC(C)(C)CCC(=O)N1CCN(c2cc(-c3noc(CCO)n3)ccn2)CC1. The first-order valence-corrected chi connectivity index (χ1v) is 9.78. The Balaban J connectivity index is 1.59. The fraction of sp³-hybridized carbons (Fsp3) is 0.600. The Kier molecular flexibility index (Phi) is 6.28. The molecule has 2 aromatic rings. The Bertz CT molecular complexity index is 791. The highest BCUT2D eigenvalue weighted by atomic mass is 16.5. The number of aliphatic hydroxyl groups excluding tert-OH is 1. The highest BCUT2D eigenvalue weighted by molar-refractivity contribution is 5.76. The number of pyridine rings is 1. The van der Waals surface area contributed by atoms with E-state index in [0.717, 1.165) is 30.9 Å². The number of hydrogen-bond acceptors (Lipinski definition) is 7. The molecule has 1 amide bonds. The maximum Gasteiger partial charge on any atom is 0.229 e. The van der Waals surface area contributed by atoms with Gasteiger partial charge in [0.2, 0.25) is 17.6 Å². The minimum absolute atomic E-state index is 0.0258. The fourth-order valence-corrected chi connectivity index (χ4v) is 3.12. The molecule has 1 aliphatic rings. The summed E-state index contributed by atoms with van der Waals surface area (Å²) in [7, 11) is 0. The first kappa shape index (κ1) is 20.3. The smallest absolute Gasteiger partial charge is 0.229 e. The number of amides is 1. The van der Waals surface area contributed by atoms with Crippen molar-refractivity contribution >= 4 is 11.7 Å². The third-order valence-electron chi connectivity index (χ3n) is 4.84. The van der Waals surface area contributed by atoms with Crippen molar-refractivity contribution in [1.82, 2.24) is 20.0 Å². The van der Waals surface area contributed by atoms with Crippen molar-refractivity contribution in [3.8, 4) is 11.4 Å². The lowest BCUT2D eigenvalue weighted by Crippen LogP contribution is -2.49. The molecule has 1 aliphatic heterocycles. The number of aromatic nitrogens is 3. The normalized spacial score (nSPS) is 15.1. The second kappa shape index (κ2) is 8.68. The van der Waals surface area contributed by atoms with Crippen molar-refractivity contribution in [3.05, 3.63) is 24.2 Å². The van der Waals surface area contributed by atoms with Gasteiger partial charge in [0.05, 0.1) is 13.0 Å². The molecule has 3 heterocycles. The maximum atomic E-state index is 12.4. The van der Waals surface area contributed by atoms with E-state index in [0.29, 0.717) is 37.6 Å². The Labute approximate surface area is 165 Å². The zero-order valence-electron chi connectivity index (χ0n) is 16.9. The topological polar surface area (TPSA) is 95.6 Å². The monoisotopic (exact) mass is 387 g/mol. The molecule has 0 saturated carbocycles. The summed E-state index contributed by atoms with van der Waals surface area (Å²) in [5.41, 5.74) is 0.996. The molecule has 1 saturated heterocycles. The summed E-state index contributed by atoms with van der Waals surface area (Å²) in [6.45, 7) is 9.37. The van der Waals surface area contributed by atoms with E-state index in [1.54, 1.807) is 6.20 Å². The van der Waals surface area contributed by atoms with Gasteiger partial charge in [-0.15, -0.1) is 0 Å². The van der Waals surface area contributed by atoms with E-state index in [1.807, 2.05) is 17.0 Å². The molecular formula is C20H29N5O3. The Morgan fingerprint density at radius 1 is 1.25 bits per heavy atom. The van der Waals surface area contributed by atoms with Crippen molar-refractivity contribution in [2.45, 2.75) is 40.0 Å². The third-order valence-corrected chi connectivity index (χ3v) is 4.84. The van der Waals surface area contributed by atoms with Crippen LogP contribution in [0.4, 0.5) is 5.82 Å². The number of hydrogen-bond donors (Lipinski definition) is 1. The molecule has 1 N–H and O–H groups in total. The fourth-order valence-electron chi connectivity index (χ4n) is 3.12. The van der Waals surface area contributed by atoms with Crippen LogP contribution in [0.25, 0.3) is 11.4 Å². The summed E-state index contributed by atoms with van der Waals surface area (Å²) in [5, 5.41) is 12.9. The molecule has 3 rings (SSSR count). The molecule has 0 aromatic carbocycles. The lowest BCUT2D eigenvalue weighted by Gasteiger charge is -2.36. The number of carbonyl (C=O) groups excluding carboxylic acids is 1. The summed E-state index contributed by atoms with van der Waals surface area (Å²) < 4.78 is 5.13. The predicted molar refractivity (Wildman–Crippen MR) is 106 cm³/mol. The number of carbonyl (C=O) groups is 1. The van der Waals surface area contributed by atoms with Gasteiger partial charge in [0.1, 0.15) is 5.82 Å².